The lowest BCUT2D eigenvalue weighted by Gasteiger charge is -2.31. The number of thiophene rings is 1. The smallest absolute Gasteiger partial charge is 0.279 e. The molecule has 6 nitrogen and oxygen atoms in total. The number of nitrogens with zero attached hydrogens (tertiary/aromatic N) is 1. The van der Waals surface area contributed by atoms with Crippen LogP contribution in [0.5, 0.6) is 0 Å². The van der Waals surface area contributed by atoms with Crippen molar-refractivity contribution in [2.45, 2.75) is 25.3 Å². The van der Waals surface area contributed by atoms with Crippen molar-refractivity contribution >= 4 is 29.4 Å². The zero-order chi connectivity index (χ0) is 14.4. The Labute approximate surface area is 121 Å². The molecule has 1 fully saturated rings. The lowest BCUT2D eigenvalue weighted by Crippen LogP contribution is -2.50. The highest BCUT2D eigenvalue weighted by Crippen LogP contribution is 2.14. The topological polar surface area (TPSA) is 78.5 Å². The van der Waals surface area contributed by atoms with Crippen LogP contribution < -0.4 is 10.9 Å². The van der Waals surface area contributed by atoms with Crippen LogP contribution in [0, 0.1) is 0 Å². The van der Waals surface area contributed by atoms with Crippen LogP contribution in [-0.4, -0.2) is 42.1 Å². The fourth-order valence-corrected chi connectivity index (χ4v) is 2.81. The summed E-state index contributed by atoms with van der Waals surface area (Å²) in [5.74, 6) is -0.650. The second-order valence-corrected chi connectivity index (χ2v) is 5.60. The van der Waals surface area contributed by atoms with Crippen molar-refractivity contribution in [3.8, 4) is 0 Å². The summed E-state index contributed by atoms with van der Waals surface area (Å²) in [6.45, 7) is 0.851. The number of likely N-dealkylation sites (tertiary alicyclic amines) is 1. The van der Waals surface area contributed by atoms with E-state index in [9.17, 15) is 14.4 Å². The fraction of sp³-hybridized carbons (Fsp3) is 0.462. The first kappa shape index (κ1) is 14.7. The van der Waals surface area contributed by atoms with E-state index < -0.39 is 0 Å². The van der Waals surface area contributed by atoms with Crippen LogP contribution in [0.15, 0.2) is 17.5 Å². The molecule has 0 radical (unpaired) electrons. The Bertz CT molecular complexity index is 475. The molecule has 2 N–H and O–H groups in total. The SMILES string of the molecule is O=CC1CCCCN1CC(=O)NNC(=O)c1cccs1. The number of hydrogen-bond acceptors (Lipinski definition) is 5. The van der Waals surface area contributed by atoms with Crippen molar-refractivity contribution in [2.24, 2.45) is 0 Å². The summed E-state index contributed by atoms with van der Waals surface area (Å²) in [6.07, 6.45) is 3.67. The van der Waals surface area contributed by atoms with Crippen LogP contribution in [0.1, 0.15) is 28.9 Å². The van der Waals surface area contributed by atoms with Gasteiger partial charge in [-0.15, -0.1) is 11.3 Å². The molecule has 7 heteroatoms. The normalized spacial score (nSPS) is 19.3. The van der Waals surface area contributed by atoms with Crippen molar-refractivity contribution in [1.82, 2.24) is 15.8 Å². The highest BCUT2D eigenvalue weighted by atomic mass is 32.1. The number of rotatable bonds is 4. The lowest BCUT2D eigenvalue weighted by atomic mass is 10.0. The standard InChI is InChI=1S/C13H17N3O3S/c17-9-10-4-1-2-6-16(10)8-12(18)14-15-13(19)11-5-3-7-20-11/h3,5,7,9-10H,1-2,4,6,8H2,(H,14,18)(H,15,19). The summed E-state index contributed by atoms with van der Waals surface area (Å²) in [4.78, 5) is 36.7. The molecular weight excluding hydrogens is 278 g/mol. The lowest BCUT2D eigenvalue weighted by molar-refractivity contribution is -0.125. The molecule has 2 amide bonds. The molecule has 1 aliphatic heterocycles. The predicted octanol–water partition coefficient (Wildman–Crippen LogP) is 0.562. The third kappa shape index (κ3) is 3.88. The van der Waals surface area contributed by atoms with Crippen LogP contribution >= 0.6 is 11.3 Å². The minimum atomic E-state index is -0.334. The van der Waals surface area contributed by atoms with Gasteiger partial charge in [0.15, 0.2) is 0 Å². The number of nitrogens with one attached hydrogen (secondary N) is 2. The number of carbonyl (C=O) groups excluding carboxylic acids is 3. The van der Waals surface area contributed by atoms with Crippen molar-refractivity contribution in [3.63, 3.8) is 0 Å². The van der Waals surface area contributed by atoms with Crippen molar-refractivity contribution in [1.29, 1.82) is 0 Å². The maximum atomic E-state index is 11.8. The molecule has 2 rings (SSSR count). The first-order valence-corrected chi connectivity index (χ1v) is 7.40. The van der Waals surface area contributed by atoms with Crippen LogP contribution in [0.2, 0.25) is 0 Å². The van der Waals surface area contributed by atoms with E-state index in [4.69, 9.17) is 0 Å². The van der Waals surface area contributed by atoms with Crippen LogP contribution in [-0.2, 0) is 9.59 Å². The minimum Gasteiger partial charge on any atom is -0.302 e. The van der Waals surface area contributed by atoms with Gasteiger partial charge in [-0.2, -0.15) is 0 Å². The van der Waals surface area contributed by atoms with E-state index in [0.29, 0.717) is 4.88 Å². The fourth-order valence-electron chi connectivity index (χ4n) is 2.19. The zero-order valence-electron chi connectivity index (χ0n) is 11.0. The van der Waals surface area contributed by atoms with Crippen LogP contribution in [0.3, 0.4) is 0 Å². The first-order valence-electron chi connectivity index (χ1n) is 6.52. The van der Waals surface area contributed by atoms with Crippen LogP contribution in [0.25, 0.3) is 0 Å². The Morgan fingerprint density at radius 2 is 2.25 bits per heavy atom. The molecule has 2 heterocycles. The molecule has 0 saturated carbocycles. The summed E-state index contributed by atoms with van der Waals surface area (Å²) in [5.41, 5.74) is 4.74. The van der Waals surface area contributed by atoms with E-state index in [0.717, 1.165) is 32.1 Å². The Morgan fingerprint density at radius 1 is 1.40 bits per heavy atom. The Balaban J connectivity index is 1.77. The molecule has 1 atom stereocenters. The minimum absolute atomic E-state index is 0.119. The highest BCUT2D eigenvalue weighted by molar-refractivity contribution is 7.12. The number of piperidine rings is 1. The second kappa shape index (κ2) is 7.16. The molecule has 1 unspecified atom stereocenters. The summed E-state index contributed by atoms with van der Waals surface area (Å²) in [7, 11) is 0. The molecule has 1 aromatic heterocycles. The Kier molecular flexibility index (Phi) is 5.25. The van der Waals surface area contributed by atoms with Gasteiger partial charge in [0.1, 0.15) is 6.29 Å². The highest BCUT2D eigenvalue weighted by Gasteiger charge is 2.23. The number of carbonyl (C=O) groups is 3. The van der Waals surface area contributed by atoms with E-state index in [1.165, 1.54) is 11.3 Å². The van der Waals surface area contributed by atoms with E-state index >= 15 is 0 Å². The van der Waals surface area contributed by atoms with Gasteiger partial charge in [0, 0.05) is 0 Å². The van der Waals surface area contributed by atoms with Gasteiger partial charge in [0.05, 0.1) is 17.5 Å². The number of hydrazine groups is 1. The second-order valence-electron chi connectivity index (χ2n) is 4.65. The van der Waals surface area contributed by atoms with Crippen molar-refractivity contribution in [3.05, 3.63) is 22.4 Å². The largest absolute Gasteiger partial charge is 0.302 e. The quantitative estimate of drug-likeness (QED) is 0.628. The third-order valence-electron chi connectivity index (χ3n) is 3.23. The van der Waals surface area contributed by atoms with E-state index in [1.807, 2.05) is 4.90 Å². The summed E-state index contributed by atoms with van der Waals surface area (Å²) in [5, 5.41) is 1.79. The number of hydrogen-bond donors (Lipinski definition) is 2. The van der Waals surface area contributed by atoms with E-state index in [1.54, 1.807) is 17.5 Å². The summed E-state index contributed by atoms with van der Waals surface area (Å²) < 4.78 is 0. The summed E-state index contributed by atoms with van der Waals surface area (Å²) in [6, 6.07) is 3.26. The summed E-state index contributed by atoms with van der Waals surface area (Å²) >= 11 is 1.30. The average molecular weight is 295 g/mol. The van der Waals surface area contributed by atoms with Gasteiger partial charge >= 0.3 is 0 Å². The average Bonchev–Trinajstić information content (AvgIpc) is 2.99. The molecule has 0 spiro atoms. The molecule has 1 saturated heterocycles. The molecule has 1 aromatic rings. The van der Waals surface area contributed by atoms with Gasteiger partial charge in [-0.05, 0) is 30.8 Å². The number of amides is 2. The maximum absolute atomic E-state index is 11.8. The van der Waals surface area contributed by atoms with Crippen LogP contribution in [0.4, 0.5) is 0 Å². The molecular formula is C13H17N3O3S. The van der Waals surface area contributed by atoms with Gasteiger partial charge in [-0.25, -0.2) is 0 Å². The van der Waals surface area contributed by atoms with Crippen molar-refractivity contribution < 1.29 is 14.4 Å². The monoisotopic (exact) mass is 295 g/mol. The van der Waals surface area contributed by atoms with Crippen molar-refractivity contribution in [2.75, 3.05) is 13.1 Å². The maximum Gasteiger partial charge on any atom is 0.279 e. The van der Waals surface area contributed by atoms with E-state index in [2.05, 4.69) is 10.9 Å². The molecule has 108 valence electrons. The molecule has 20 heavy (non-hydrogen) atoms. The first-order chi connectivity index (χ1) is 9.70. The third-order valence-corrected chi connectivity index (χ3v) is 4.10. The van der Waals surface area contributed by atoms with Gasteiger partial charge < -0.3 is 4.79 Å². The zero-order valence-corrected chi connectivity index (χ0v) is 11.8. The predicted molar refractivity (Wildman–Crippen MR) is 75.2 cm³/mol. The Hall–Kier alpha value is -1.73. The van der Waals surface area contributed by atoms with Gasteiger partial charge in [0.25, 0.3) is 11.8 Å². The molecule has 0 aliphatic carbocycles. The van der Waals surface area contributed by atoms with Gasteiger partial charge in [0.2, 0.25) is 0 Å². The molecule has 0 aromatic carbocycles. The van der Waals surface area contributed by atoms with Gasteiger partial charge in [-0.1, -0.05) is 12.5 Å². The Morgan fingerprint density at radius 3 is 2.95 bits per heavy atom. The number of aldehydes is 1. The van der Waals surface area contributed by atoms with Gasteiger partial charge in [-0.3, -0.25) is 25.3 Å². The molecule has 0 bridgehead atoms. The van der Waals surface area contributed by atoms with E-state index in [-0.39, 0.29) is 24.4 Å². The molecule has 1 aliphatic rings.